The number of aryl methyl sites for hydroxylation is 1. The van der Waals surface area contributed by atoms with Crippen molar-refractivity contribution < 1.29 is 4.74 Å². The predicted octanol–water partition coefficient (Wildman–Crippen LogP) is 3.40. The van der Waals surface area contributed by atoms with Crippen LogP contribution in [0.5, 0.6) is 5.75 Å². The first kappa shape index (κ1) is 12.4. The number of aromatic nitrogens is 1. The molecule has 1 N–H and O–H groups in total. The van der Waals surface area contributed by atoms with E-state index in [0.717, 1.165) is 23.8 Å². The predicted molar refractivity (Wildman–Crippen MR) is 73.9 cm³/mol. The molecule has 1 aromatic heterocycles. The van der Waals surface area contributed by atoms with E-state index in [2.05, 4.69) is 30.2 Å². The van der Waals surface area contributed by atoms with Crippen molar-refractivity contribution >= 4 is 5.82 Å². The number of rotatable bonds is 5. The summed E-state index contributed by atoms with van der Waals surface area (Å²) in [6.07, 6.45) is 0. The molecule has 0 fully saturated rings. The zero-order valence-electron chi connectivity index (χ0n) is 10.8. The van der Waals surface area contributed by atoms with Crippen molar-refractivity contribution in [2.45, 2.75) is 20.5 Å². The number of anilines is 1. The van der Waals surface area contributed by atoms with Gasteiger partial charge < -0.3 is 10.1 Å². The molecule has 0 aliphatic carbocycles. The van der Waals surface area contributed by atoms with Gasteiger partial charge in [-0.15, -0.1) is 0 Å². The van der Waals surface area contributed by atoms with E-state index in [0.29, 0.717) is 6.61 Å². The second kappa shape index (κ2) is 6.05. The highest BCUT2D eigenvalue weighted by Crippen LogP contribution is 2.14. The Morgan fingerprint density at radius 1 is 1.17 bits per heavy atom. The molecule has 0 spiro atoms. The fourth-order valence-corrected chi connectivity index (χ4v) is 1.70. The minimum atomic E-state index is 0.489. The Bertz CT molecular complexity index is 511. The summed E-state index contributed by atoms with van der Waals surface area (Å²) in [7, 11) is 0. The van der Waals surface area contributed by atoms with Crippen LogP contribution in [0.15, 0.2) is 42.5 Å². The minimum absolute atomic E-state index is 0.489. The zero-order valence-corrected chi connectivity index (χ0v) is 10.8. The van der Waals surface area contributed by atoms with E-state index in [1.165, 1.54) is 5.56 Å². The van der Waals surface area contributed by atoms with E-state index < -0.39 is 0 Å². The monoisotopic (exact) mass is 242 g/mol. The quantitative estimate of drug-likeness (QED) is 0.872. The van der Waals surface area contributed by atoms with Crippen molar-refractivity contribution in [2.24, 2.45) is 0 Å². The van der Waals surface area contributed by atoms with E-state index in [4.69, 9.17) is 4.74 Å². The zero-order chi connectivity index (χ0) is 12.8. The minimum Gasteiger partial charge on any atom is -0.487 e. The average molecular weight is 242 g/mol. The molecule has 1 heterocycles. The Morgan fingerprint density at radius 2 is 2.00 bits per heavy atom. The molecule has 1 aromatic carbocycles. The van der Waals surface area contributed by atoms with Crippen LogP contribution in [0.4, 0.5) is 5.82 Å². The third-order valence-electron chi connectivity index (χ3n) is 2.54. The molecule has 3 nitrogen and oxygen atoms in total. The molecule has 0 saturated heterocycles. The number of ether oxygens (including phenoxy) is 1. The SMILES string of the molecule is CCNc1cccc(COc2cccc(C)c2)n1. The molecule has 2 aromatic rings. The summed E-state index contributed by atoms with van der Waals surface area (Å²) in [5.41, 5.74) is 2.12. The second-order valence-electron chi connectivity index (χ2n) is 4.15. The Kier molecular flexibility index (Phi) is 4.18. The Balaban J connectivity index is 1.99. The fourth-order valence-electron chi connectivity index (χ4n) is 1.70. The van der Waals surface area contributed by atoms with Gasteiger partial charge in [0.25, 0.3) is 0 Å². The highest BCUT2D eigenvalue weighted by Gasteiger charge is 1.99. The van der Waals surface area contributed by atoms with Gasteiger partial charge in [-0.1, -0.05) is 18.2 Å². The standard InChI is InChI=1S/C15H18N2O/c1-3-16-15-9-5-7-13(17-15)11-18-14-8-4-6-12(2)10-14/h4-10H,3,11H2,1-2H3,(H,16,17). The molecule has 0 saturated carbocycles. The van der Waals surface area contributed by atoms with Gasteiger partial charge in [-0.3, -0.25) is 0 Å². The van der Waals surface area contributed by atoms with E-state index >= 15 is 0 Å². The number of pyridine rings is 1. The van der Waals surface area contributed by atoms with Crippen molar-refractivity contribution in [3.05, 3.63) is 53.7 Å². The molecule has 0 atom stereocenters. The molecular formula is C15H18N2O. The lowest BCUT2D eigenvalue weighted by atomic mass is 10.2. The van der Waals surface area contributed by atoms with Crippen LogP contribution < -0.4 is 10.1 Å². The number of hydrogen-bond acceptors (Lipinski definition) is 3. The van der Waals surface area contributed by atoms with Crippen LogP contribution in [-0.4, -0.2) is 11.5 Å². The van der Waals surface area contributed by atoms with Crippen molar-refractivity contribution in [2.75, 3.05) is 11.9 Å². The number of nitrogens with zero attached hydrogens (tertiary/aromatic N) is 1. The summed E-state index contributed by atoms with van der Waals surface area (Å²) in [5, 5.41) is 3.19. The molecule has 0 bridgehead atoms. The second-order valence-corrected chi connectivity index (χ2v) is 4.15. The molecule has 0 amide bonds. The van der Waals surface area contributed by atoms with Crippen LogP contribution in [0, 0.1) is 6.92 Å². The molecule has 18 heavy (non-hydrogen) atoms. The Hall–Kier alpha value is -2.03. The average Bonchev–Trinajstić information content (AvgIpc) is 2.37. The van der Waals surface area contributed by atoms with Gasteiger partial charge in [0.05, 0.1) is 5.69 Å². The lowest BCUT2D eigenvalue weighted by Crippen LogP contribution is -2.03. The number of benzene rings is 1. The topological polar surface area (TPSA) is 34.1 Å². The smallest absolute Gasteiger partial charge is 0.130 e. The van der Waals surface area contributed by atoms with Gasteiger partial charge in [-0.25, -0.2) is 4.98 Å². The number of nitrogens with one attached hydrogen (secondary N) is 1. The van der Waals surface area contributed by atoms with Crippen molar-refractivity contribution in [3.8, 4) is 5.75 Å². The van der Waals surface area contributed by atoms with Crippen LogP contribution in [0.25, 0.3) is 0 Å². The third kappa shape index (κ3) is 3.48. The van der Waals surface area contributed by atoms with Gasteiger partial charge in [0, 0.05) is 6.54 Å². The molecule has 0 unspecified atom stereocenters. The molecule has 3 heteroatoms. The Morgan fingerprint density at radius 3 is 2.78 bits per heavy atom. The highest BCUT2D eigenvalue weighted by molar-refractivity contribution is 5.35. The van der Waals surface area contributed by atoms with E-state index in [1.807, 2.05) is 36.4 Å². The van der Waals surface area contributed by atoms with E-state index in [9.17, 15) is 0 Å². The Labute approximate surface area is 108 Å². The largest absolute Gasteiger partial charge is 0.487 e. The van der Waals surface area contributed by atoms with Gasteiger partial charge in [0.15, 0.2) is 0 Å². The highest BCUT2D eigenvalue weighted by atomic mass is 16.5. The molecule has 0 radical (unpaired) electrons. The van der Waals surface area contributed by atoms with Gasteiger partial charge in [0.2, 0.25) is 0 Å². The lowest BCUT2D eigenvalue weighted by Gasteiger charge is -2.08. The van der Waals surface area contributed by atoms with Gasteiger partial charge in [-0.2, -0.15) is 0 Å². The lowest BCUT2D eigenvalue weighted by molar-refractivity contribution is 0.301. The van der Waals surface area contributed by atoms with Crippen molar-refractivity contribution in [3.63, 3.8) is 0 Å². The molecule has 94 valence electrons. The van der Waals surface area contributed by atoms with Crippen molar-refractivity contribution in [1.82, 2.24) is 4.98 Å². The summed E-state index contributed by atoms with van der Waals surface area (Å²) in [5.74, 6) is 1.77. The van der Waals surface area contributed by atoms with Crippen LogP contribution in [-0.2, 0) is 6.61 Å². The van der Waals surface area contributed by atoms with E-state index in [1.54, 1.807) is 0 Å². The van der Waals surface area contributed by atoms with E-state index in [-0.39, 0.29) is 0 Å². The normalized spacial score (nSPS) is 10.1. The maximum Gasteiger partial charge on any atom is 0.130 e. The maximum absolute atomic E-state index is 5.72. The molecular weight excluding hydrogens is 224 g/mol. The van der Waals surface area contributed by atoms with Crippen LogP contribution in [0.3, 0.4) is 0 Å². The van der Waals surface area contributed by atoms with Crippen LogP contribution in [0.2, 0.25) is 0 Å². The first-order valence-corrected chi connectivity index (χ1v) is 6.17. The van der Waals surface area contributed by atoms with Gasteiger partial charge in [-0.05, 0) is 43.7 Å². The molecule has 0 aliphatic heterocycles. The summed E-state index contributed by atoms with van der Waals surface area (Å²) in [6.45, 7) is 5.46. The first-order valence-electron chi connectivity index (χ1n) is 6.17. The molecule has 2 rings (SSSR count). The first-order chi connectivity index (χ1) is 8.78. The van der Waals surface area contributed by atoms with Gasteiger partial charge >= 0.3 is 0 Å². The molecule has 0 aliphatic rings. The van der Waals surface area contributed by atoms with Crippen LogP contribution in [0.1, 0.15) is 18.2 Å². The van der Waals surface area contributed by atoms with Crippen molar-refractivity contribution in [1.29, 1.82) is 0 Å². The maximum atomic E-state index is 5.72. The summed E-state index contributed by atoms with van der Waals surface area (Å²) >= 11 is 0. The number of hydrogen-bond donors (Lipinski definition) is 1. The summed E-state index contributed by atoms with van der Waals surface area (Å²) in [4.78, 5) is 4.46. The third-order valence-corrected chi connectivity index (χ3v) is 2.54. The summed E-state index contributed by atoms with van der Waals surface area (Å²) in [6, 6.07) is 13.9. The van der Waals surface area contributed by atoms with Gasteiger partial charge in [0.1, 0.15) is 18.2 Å². The van der Waals surface area contributed by atoms with Crippen LogP contribution >= 0.6 is 0 Å². The fraction of sp³-hybridized carbons (Fsp3) is 0.267. The summed E-state index contributed by atoms with van der Waals surface area (Å²) < 4.78 is 5.72.